The third kappa shape index (κ3) is 4.80. The standard InChI is InChI=1S/C11H18N6O2/c1-17(2)11(19)14-7-6-13-10(18)8-4-3-5-9(15-8)16-12/h3-5H,6-7,12H2,1-2H3,(H,13,18)(H,14,19)(H,15,16). The van der Waals surface area contributed by atoms with Crippen LogP contribution in [-0.2, 0) is 0 Å². The molecule has 0 atom stereocenters. The molecule has 3 amide bonds. The van der Waals surface area contributed by atoms with E-state index in [0.29, 0.717) is 18.9 Å². The maximum absolute atomic E-state index is 11.7. The van der Waals surface area contributed by atoms with E-state index in [4.69, 9.17) is 5.84 Å². The molecule has 5 N–H and O–H groups in total. The normalized spacial score (nSPS) is 9.63. The Morgan fingerprint density at radius 1 is 1.26 bits per heavy atom. The molecule has 1 aromatic heterocycles. The zero-order valence-electron chi connectivity index (χ0n) is 10.9. The van der Waals surface area contributed by atoms with Crippen molar-refractivity contribution in [2.45, 2.75) is 0 Å². The second kappa shape index (κ2) is 7.17. The number of hydrazine groups is 1. The molecule has 0 aliphatic carbocycles. The van der Waals surface area contributed by atoms with Crippen molar-refractivity contribution in [1.29, 1.82) is 0 Å². The molecule has 1 heterocycles. The minimum atomic E-state index is -0.323. The Hall–Kier alpha value is -2.35. The van der Waals surface area contributed by atoms with Crippen molar-refractivity contribution in [3.05, 3.63) is 23.9 Å². The topological polar surface area (TPSA) is 112 Å². The average Bonchev–Trinajstić information content (AvgIpc) is 2.42. The summed E-state index contributed by atoms with van der Waals surface area (Å²) in [7, 11) is 3.28. The lowest BCUT2D eigenvalue weighted by Crippen LogP contribution is -2.39. The number of hydrogen-bond acceptors (Lipinski definition) is 5. The number of hydrogen-bond donors (Lipinski definition) is 4. The molecule has 0 aromatic carbocycles. The van der Waals surface area contributed by atoms with Crippen molar-refractivity contribution in [3.63, 3.8) is 0 Å². The quantitative estimate of drug-likeness (QED) is 0.322. The Kier molecular flexibility index (Phi) is 5.55. The lowest BCUT2D eigenvalue weighted by atomic mass is 10.3. The van der Waals surface area contributed by atoms with Crippen molar-refractivity contribution in [2.75, 3.05) is 32.6 Å². The van der Waals surface area contributed by atoms with Gasteiger partial charge in [-0.2, -0.15) is 0 Å². The fourth-order valence-corrected chi connectivity index (χ4v) is 1.24. The molecule has 8 nitrogen and oxygen atoms in total. The largest absolute Gasteiger partial charge is 0.349 e. The molecule has 0 spiro atoms. The highest BCUT2D eigenvalue weighted by molar-refractivity contribution is 5.92. The highest BCUT2D eigenvalue weighted by atomic mass is 16.2. The van der Waals surface area contributed by atoms with Crippen LogP contribution < -0.4 is 21.9 Å². The Balaban J connectivity index is 2.37. The number of amides is 3. The van der Waals surface area contributed by atoms with Gasteiger partial charge in [-0.05, 0) is 12.1 Å². The van der Waals surface area contributed by atoms with Crippen LogP contribution in [0.15, 0.2) is 18.2 Å². The molecule has 0 bridgehead atoms. The summed E-state index contributed by atoms with van der Waals surface area (Å²) in [5, 5.41) is 5.27. The summed E-state index contributed by atoms with van der Waals surface area (Å²) < 4.78 is 0. The first-order chi connectivity index (χ1) is 9.04. The molecule has 8 heteroatoms. The predicted molar refractivity (Wildman–Crippen MR) is 71.5 cm³/mol. The van der Waals surface area contributed by atoms with Crippen LogP contribution in [0.1, 0.15) is 10.5 Å². The summed E-state index contributed by atoms with van der Waals surface area (Å²) in [6.45, 7) is 0.665. The SMILES string of the molecule is CN(C)C(=O)NCCNC(=O)c1cccc(NN)n1. The Morgan fingerprint density at radius 3 is 2.58 bits per heavy atom. The van der Waals surface area contributed by atoms with E-state index in [1.54, 1.807) is 32.3 Å². The fraction of sp³-hybridized carbons (Fsp3) is 0.364. The Labute approximate surface area is 111 Å². The van der Waals surface area contributed by atoms with Gasteiger partial charge in [-0.1, -0.05) is 6.07 Å². The van der Waals surface area contributed by atoms with Gasteiger partial charge in [0.25, 0.3) is 5.91 Å². The molecule has 0 saturated heterocycles. The van der Waals surface area contributed by atoms with Crippen LogP contribution in [0.25, 0.3) is 0 Å². The molecule has 0 saturated carbocycles. The third-order valence-electron chi connectivity index (χ3n) is 2.22. The summed E-state index contributed by atoms with van der Waals surface area (Å²) >= 11 is 0. The molecule has 0 fully saturated rings. The summed E-state index contributed by atoms with van der Waals surface area (Å²) in [5.41, 5.74) is 2.62. The number of nitrogens with one attached hydrogen (secondary N) is 3. The number of pyridine rings is 1. The van der Waals surface area contributed by atoms with Gasteiger partial charge in [-0.3, -0.25) is 4.79 Å². The van der Waals surface area contributed by atoms with E-state index < -0.39 is 0 Å². The minimum Gasteiger partial charge on any atom is -0.349 e. The van der Waals surface area contributed by atoms with Gasteiger partial charge in [0.05, 0.1) is 0 Å². The number of nitrogen functional groups attached to an aromatic ring is 1. The summed E-state index contributed by atoms with van der Waals surface area (Å²) in [5.74, 6) is 5.29. The number of nitrogens with zero attached hydrogens (tertiary/aromatic N) is 2. The van der Waals surface area contributed by atoms with E-state index in [1.807, 2.05) is 0 Å². The van der Waals surface area contributed by atoms with Gasteiger partial charge < -0.3 is 21.0 Å². The highest BCUT2D eigenvalue weighted by Gasteiger charge is 2.07. The molecule has 0 aliphatic rings. The lowest BCUT2D eigenvalue weighted by molar-refractivity contribution is 0.0949. The number of urea groups is 1. The van der Waals surface area contributed by atoms with Gasteiger partial charge in [0.15, 0.2) is 0 Å². The van der Waals surface area contributed by atoms with Gasteiger partial charge in [-0.15, -0.1) is 0 Å². The van der Waals surface area contributed by atoms with Crippen LogP contribution in [0.4, 0.5) is 10.6 Å². The molecular formula is C11H18N6O2. The van der Waals surface area contributed by atoms with E-state index in [1.165, 1.54) is 4.90 Å². The first-order valence-electron chi connectivity index (χ1n) is 5.71. The van der Waals surface area contributed by atoms with Crippen LogP contribution in [-0.4, -0.2) is 49.0 Å². The predicted octanol–water partition coefficient (Wildman–Crippen LogP) is -0.632. The first kappa shape index (κ1) is 14.7. The number of carbonyl (C=O) groups is 2. The van der Waals surface area contributed by atoms with Crippen molar-refractivity contribution in [3.8, 4) is 0 Å². The smallest absolute Gasteiger partial charge is 0.316 e. The average molecular weight is 266 g/mol. The van der Waals surface area contributed by atoms with Crippen LogP contribution in [0.5, 0.6) is 0 Å². The van der Waals surface area contributed by atoms with E-state index in [-0.39, 0.29) is 17.6 Å². The Morgan fingerprint density at radius 2 is 1.95 bits per heavy atom. The second-order valence-corrected chi connectivity index (χ2v) is 3.93. The second-order valence-electron chi connectivity index (χ2n) is 3.93. The van der Waals surface area contributed by atoms with Gasteiger partial charge in [0.2, 0.25) is 0 Å². The maximum Gasteiger partial charge on any atom is 0.316 e. The third-order valence-corrected chi connectivity index (χ3v) is 2.22. The summed E-state index contributed by atoms with van der Waals surface area (Å²) in [6.07, 6.45) is 0. The molecular weight excluding hydrogens is 248 g/mol. The van der Waals surface area contributed by atoms with Crippen molar-refractivity contribution < 1.29 is 9.59 Å². The van der Waals surface area contributed by atoms with Crippen molar-refractivity contribution >= 4 is 17.8 Å². The maximum atomic E-state index is 11.7. The fourth-order valence-electron chi connectivity index (χ4n) is 1.24. The number of anilines is 1. The number of aromatic nitrogens is 1. The molecule has 1 rings (SSSR count). The van der Waals surface area contributed by atoms with Gasteiger partial charge >= 0.3 is 6.03 Å². The van der Waals surface area contributed by atoms with E-state index in [0.717, 1.165) is 0 Å². The number of carbonyl (C=O) groups excluding carboxylic acids is 2. The van der Waals surface area contributed by atoms with E-state index in [2.05, 4.69) is 21.0 Å². The van der Waals surface area contributed by atoms with Crippen LogP contribution in [0, 0.1) is 0 Å². The van der Waals surface area contributed by atoms with Crippen LogP contribution >= 0.6 is 0 Å². The van der Waals surface area contributed by atoms with Crippen molar-refractivity contribution in [2.24, 2.45) is 5.84 Å². The minimum absolute atomic E-state index is 0.207. The zero-order valence-corrected chi connectivity index (χ0v) is 10.9. The zero-order chi connectivity index (χ0) is 14.3. The van der Waals surface area contributed by atoms with E-state index >= 15 is 0 Å². The molecule has 19 heavy (non-hydrogen) atoms. The van der Waals surface area contributed by atoms with Crippen molar-refractivity contribution in [1.82, 2.24) is 20.5 Å². The highest BCUT2D eigenvalue weighted by Crippen LogP contribution is 2.02. The monoisotopic (exact) mass is 266 g/mol. The molecule has 0 unspecified atom stereocenters. The first-order valence-corrected chi connectivity index (χ1v) is 5.71. The molecule has 104 valence electrons. The molecule has 0 aliphatic heterocycles. The number of rotatable bonds is 5. The van der Waals surface area contributed by atoms with Gasteiger partial charge in [-0.25, -0.2) is 15.6 Å². The van der Waals surface area contributed by atoms with E-state index in [9.17, 15) is 9.59 Å². The lowest BCUT2D eigenvalue weighted by Gasteiger charge is -2.12. The van der Waals surface area contributed by atoms with Crippen LogP contribution in [0.2, 0.25) is 0 Å². The van der Waals surface area contributed by atoms with Gasteiger partial charge in [0.1, 0.15) is 11.5 Å². The Bertz CT molecular complexity index is 449. The summed E-state index contributed by atoms with van der Waals surface area (Å²) in [4.78, 5) is 28.3. The molecule has 1 aromatic rings. The van der Waals surface area contributed by atoms with Gasteiger partial charge in [0, 0.05) is 27.2 Å². The van der Waals surface area contributed by atoms with Crippen LogP contribution in [0.3, 0.4) is 0 Å². The molecule has 0 radical (unpaired) electrons. The number of nitrogens with two attached hydrogens (primary N) is 1. The summed E-state index contributed by atoms with van der Waals surface area (Å²) in [6, 6.07) is 4.69.